The smallest absolute Gasteiger partial charge is 0.230 e. The van der Waals surface area contributed by atoms with E-state index in [1.165, 1.54) is 105 Å². The standard InChI is InChI=1S/C55H44N2/c1-5-6-7-27-49-36(4)55(45-23-14-15-26-48(45)56)57(49)38-30-28-37(29-31-38)41-32-33-47-50-42(41)24-16-25-46(50)53-51(39-19-10-8-17-34(39)2)43-21-12-13-22-44(43)52(54(47)53)40-20-11-9-18-35(40)3/h7-33,56H,5-6H2,1-4H3/p+1/b27-7-. The van der Waals surface area contributed by atoms with E-state index in [9.17, 15) is 0 Å². The normalized spacial score (nSPS) is 13.3. The van der Waals surface area contributed by atoms with Crippen molar-refractivity contribution in [2.24, 2.45) is 0 Å². The first kappa shape index (κ1) is 34.7. The molecule has 1 aliphatic heterocycles. The summed E-state index contributed by atoms with van der Waals surface area (Å²) < 4.78 is 2.37. The van der Waals surface area contributed by atoms with Crippen molar-refractivity contribution < 1.29 is 4.58 Å². The Kier molecular flexibility index (Phi) is 8.38. The number of nitrogen functional groups attached to an aromatic ring is 1. The van der Waals surface area contributed by atoms with E-state index >= 15 is 0 Å². The van der Waals surface area contributed by atoms with E-state index in [1.807, 2.05) is 12.1 Å². The summed E-state index contributed by atoms with van der Waals surface area (Å²) in [6.07, 6.45) is 6.73. The molecule has 10 rings (SSSR count). The molecule has 0 saturated carbocycles. The van der Waals surface area contributed by atoms with Crippen LogP contribution in [0.15, 0.2) is 169 Å². The zero-order valence-corrected chi connectivity index (χ0v) is 33.0. The van der Waals surface area contributed by atoms with Crippen molar-refractivity contribution in [2.45, 2.75) is 40.5 Å². The topological polar surface area (TPSA) is 29.0 Å². The third-order valence-electron chi connectivity index (χ3n) is 12.2. The number of unbranched alkanes of at least 4 members (excludes halogenated alkanes) is 1. The molecule has 0 spiro atoms. The molecule has 2 heteroatoms. The van der Waals surface area contributed by atoms with Crippen LogP contribution >= 0.6 is 0 Å². The first-order valence-corrected chi connectivity index (χ1v) is 20.2. The minimum atomic E-state index is 0.794. The second-order valence-corrected chi connectivity index (χ2v) is 15.6. The molecule has 1 aliphatic carbocycles. The largest absolute Gasteiger partial charge is 0.398 e. The van der Waals surface area contributed by atoms with Gasteiger partial charge in [-0.05, 0) is 140 Å². The lowest BCUT2D eigenvalue weighted by molar-refractivity contribution is -0.343. The molecule has 0 unspecified atom stereocenters. The lowest BCUT2D eigenvalue weighted by Gasteiger charge is -2.22. The van der Waals surface area contributed by atoms with Crippen LogP contribution in [0, 0.1) is 13.8 Å². The number of aryl methyl sites for hydroxylation is 2. The van der Waals surface area contributed by atoms with E-state index in [0.717, 1.165) is 29.8 Å². The van der Waals surface area contributed by atoms with Gasteiger partial charge in [0.2, 0.25) is 17.1 Å². The second-order valence-electron chi connectivity index (χ2n) is 15.6. The summed E-state index contributed by atoms with van der Waals surface area (Å²) in [4.78, 5) is 0. The number of para-hydroxylation sites is 1. The highest BCUT2D eigenvalue weighted by Gasteiger charge is 2.38. The average Bonchev–Trinajstić information content (AvgIpc) is 3.57. The molecule has 0 atom stereocenters. The maximum atomic E-state index is 6.55. The zero-order chi connectivity index (χ0) is 38.8. The highest BCUT2D eigenvalue weighted by Crippen LogP contribution is 2.59. The summed E-state index contributed by atoms with van der Waals surface area (Å²) in [6, 6.07) is 55.8. The van der Waals surface area contributed by atoms with Gasteiger partial charge >= 0.3 is 0 Å². The third-order valence-corrected chi connectivity index (χ3v) is 12.2. The number of hydrogen-bond acceptors (Lipinski definition) is 1. The summed E-state index contributed by atoms with van der Waals surface area (Å²) in [7, 11) is 0. The molecule has 2 aliphatic rings. The third kappa shape index (κ3) is 5.35. The second kappa shape index (κ2) is 13.8. The molecule has 0 amide bonds. The Bertz CT molecular complexity index is 2950. The van der Waals surface area contributed by atoms with Crippen molar-refractivity contribution in [3.8, 4) is 55.6 Å². The quantitative estimate of drug-likeness (QED) is 0.122. The number of allylic oxidation sites excluding steroid dienone is 3. The summed E-state index contributed by atoms with van der Waals surface area (Å²) in [6.45, 7) is 8.92. The van der Waals surface area contributed by atoms with Crippen LogP contribution in [0.3, 0.4) is 0 Å². The number of nitrogens with zero attached hydrogens (tertiary/aromatic N) is 1. The van der Waals surface area contributed by atoms with Crippen LogP contribution in [-0.4, -0.2) is 10.3 Å². The lowest BCUT2D eigenvalue weighted by atomic mass is 9.81. The molecule has 2 N–H and O–H groups in total. The zero-order valence-electron chi connectivity index (χ0n) is 33.0. The Morgan fingerprint density at radius 1 is 0.491 bits per heavy atom. The number of anilines is 1. The summed E-state index contributed by atoms with van der Waals surface area (Å²) in [5, 5.41) is 5.18. The Morgan fingerprint density at radius 2 is 1.02 bits per heavy atom. The van der Waals surface area contributed by atoms with Gasteiger partial charge in [0, 0.05) is 23.9 Å². The Balaban J connectivity index is 1.17. The van der Waals surface area contributed by atoms with Crippen molar-refractivity contribution in [1.29, 1.82) is 0 Å². The van der Waals surface area contributed by atoms with Crippen LogP contribution in [-0.2, 0) is 0 Å². The number of fused-ring (bicyclic) bond motifs is 4. The van der Waals surface area contributed by atoms with Gasteiger partial charge in [0.05, 0.1) is 11.1 Å². The van der Waals surface area contributed by atoms with Gasteiger partial charge in [-0.25, -0.2) is 0 Å². The molecular formula is C55H45N2+. The molecule has 0 radical (unpaired) electrons. The fourth-order valence-corrected chi connectivity index (χ4v) is 9.50. The predicted molar refractivity (Wildman–Crippen MR) is 244 cm³/mol. The minimum Gasteiger partial charge on any atom is -0.398 e. The maximum Gasteiger partial charge on any atom is 0.230 e. The van der Waals surface area contributed by atoms with E-state index in [4.69, 9.17) is 5.73 Å². The first-order chi connectivity index (χ1) is 28.0. The van der Waals surface area contributed by atoms with Crippen molar-refractivity contribution >= 4 is 44.3 Å². The molecule has 274 valence electrons. The highest BCUT2D eigenvalue weighted by molar-refractivity contribution is 6.29. The minimum absolute atomic E-state index is 0.794. The van der Waals surface area contributed by atoms with Gasteiger partial charge in [-0.15, -0.1) is 0 Å². The lowest BCUT2D eigenvalue weighted by Crippen LogP contribution is -2.27. The maximum absolute atomic E-state index is 6.55. The molecule has 57 heavy (non-hydrogen) atoms. The monoisotopic (exact) mass is 733 g/mol. The van der Waals surface area contributed by atoms with Crippen molar-refractivity contribution in [3.63, 3.8) is 0 Å². The Morgan fingerprint density at radius 3 is 1.63 bits per heavy atom. The van der Waals surface area contributed by atoms with E-state index in [2.05, 4.69) is 184 Å². The number of rotatable bonds is 8. The van der Waals surface area contributed by atoms with Gasteiger partial charge in [-0.1, -0.05) is 135 Å². The van der Waals surface area contributed by atoms with E-state index in [1.54, 1.807) is 0 Å². The molecule has 8 aromatic rings. The molecule has 0 saturated heterocycles. The van der Waals surface area contributed by atoms with Gasteiger partial charge < -0.3 is 5.73 Å². The summed E-state index contributed by atoms with van der Waals surface area (Å²) in [5.74, 6) is 0. The van der Waals surface area contributed by atoms with Crippen molar-refractivity contribution in [2.75, 3.05) is 5.73 Å². The molecule has 1 heterocycles. The van der Waals surface area contributed by atoms with E-state index in [0.29, 0.717) is 0 Å². The summed E-state index contributed by atoms with van der Waals surface area (Å²) in [5.41, 5.74) is 28.7. The van der Waals surface area contributed by atoms with E-state index < -0.39 is 0 Å². The average molecular weight is 734 g/mol. The van der Waals surface area contributed by atoms with Crippen LogP contribution in [0.4, 0.5) is 11.4 Å². The van der Waals surface area contributed by atoms with Gasteiger partial charge in [0.1, 0.15) is 0 Å². The number of hydrogen-bond donors (Lipinski definition) is 1. The van der Waals surface area contributed by atoms with Crippen molar-refractivity contribution in [1.82, 2.24) is 0 Å². The van der Waals surface area contributed by atoms with Gasteiger partial charge in [-0.3, -0.25) is 0 Å². The molecule has 0 bridgehead atoms. The van der Waals surface area contributed by atoms with Gasteiger partial charge in [0.15, 0.2) is 0 Å². The van der Waals surface area contributed by atoms with E-state index in [-0.39, 0.29) is 0 Å². The summed E-state index contributed by atoms with van der Waals surface area (Å²) >= 11 is 0. The van der Waals surface area contributed by atoms with Gasteiger partial charge in [-0.2, -0.15) is 4.58 Å². The number of benzene rings is 8. The molecule has 8 aromatic carbocycles. The van der Waals surface area contributed by atoms with Crippen LogP contribution in [0.5, 0.6) is 0 Å². The fourth-order valence-electron chi connectivity index (χ4n) is 9.50. The first-order valence-electron chi connectivity index (χ1n) is 20.2. The fraction of sp³-hybridized carbons (Fsp3) is 0.109. The van der Waals surface area contributed by atoms with Crippen LogP contribution in [0.2, 0.25) is 0 Å². The Labute approximate surface area is 335 Å². The highest BCUT2D eigenvalue weighted by atomic mass is 15.1. The molecular weight excluding hydrogens is 689 g/mol. The van der Waals surface area contributed by atoms with Crippen LogP contribution in [0.1, 0.15) is 43.4 Å². The van der Waals surface area contributed by atoms with Gasteiger partial charge in [0.25, 0.3) is 0 Å². The van der Waals surface area contributed by atoms with Crippen molar-refractivity contribution in [3.05, 3.63) is 186 Å². The SMILES string of the molecule is CCC/C=C\C1=[N+](c2ccc(-c3ccc4c5c(cccc35)-c3c-4c(-c4ccccc4C)c4ccccc4c3-c3ccccc3C)cc2)C(c2ccccc2N)=C1C. The molecule has 0 aromatic heterocycles. The number of nitrogens with two attached hydrogens (primary N) is 1. The van der Waals surface area contributed by atoms with Crippen LogP contribution < -0.4 is 5.73 Å². The molecule has 0 fully saturated rings. The molecule has 2 nitrogen and oxygen atoms in total. The predicted octanol–water partition coefficient (Wildman–Crippen LogP) is 14.7. The Hall–Kier alpha value is -6.77. The van der Waals surface area contributed by atoms with Crippen LogP contribution in [0.25, 0.3) is 82.9 Å².